The fourth-order valence-electron chi connectivity index (χ4n) is 2.01. The number of benzene rings is 1. The Bertz CT molecular complexity index is 753. The molecule has 0 unspecified atom stereocenters. The van der Waals surface area contributed by atoms with Crippen LogP contribution >= 0.6 is 0 Å². The summed E-state index contributed by atoms with van der Waals surface area (Å²) in [5.74, 6) is -0.421. The molecule has 0 fully saturated rings. The van der Waals surface area contributed by atoms with Crippen LogP contribution in [-0.4, -0.2) is 47.6 Å². The molecule has 7 heteroatoms. The van der Waals surface area contributed by atoms with E-state index in [0.29, 0.717) is 6.54 Å². The number of nitrogens with zero attached hydrogens (tertiary/aromatic N) is 3. The molecule has 2 aromatic rings. The number of aromatic nitrogens is 2. The van der Waals surface area contributed by atoms with E-state index >= 15 is 0 Å². The minimum absolute atomic E-state index is 0.311. The second-order valence-electron chi connectivity index (χ2n) is 5.29. The van der Waals surface area contributed by atoms with E-state index in [-0.39, 0.29) is 0 Å². The fourth-order valence-corrected chi connectivity index (χ4v) is 2.56. The largest absolute Gasteiger partial charge is 0.340 e. The molecule has 0 N–H and O–H groups in total. The van der Waals surface area contributed by atoms with Gasteiger partial charge < -0.3 is 4.90 Å². The Morgan fingerprint density at radius 2 is 1.95 bits per heavy atom. The van der Waals surface area contributed by atoms with Gasteiger partial charge in [0.25, 0.3) is 0 Å². The van der Waals surface area contributed by atoms with Crippen molar-refractivity contribution in [1.29, 1.82) is 0 Å². The molecule has 1 atom stereocenters. The molecule has 1 aromatic heterocycles. The van der Waals surface area contributed by atoms with Gasteiger partial charge in [-0.05, 0) is 19.1 Å². The summed E-state index contributed by atoms with van der Waals surface area (Å²) in [6.45, 7) is 1.72. The molecule has 0 saturated heterocycles. The third kappa shape index (κ3) is 3.73. The summed E-state index contributed by atoms with van der Waals surface area (Å²) in [6, 6.07) is 9.61. The first-order valence-corrected chi connectivity index (χ1v) is 8.77. The maximum atomic E-state index is 12.1. The Balaban J connectivity index is 2.09. The predicted molar refractivity (Wildman–Crippen MR) is 84.3 cm³/mol. The topological polar surface area (TPSA) is 72.3 Å². The zero-order chi connectivity index (χ0) is 16.3. The van der Waals surface area contributed by atoms with Crippen LogP contribution < -0.4 is 0 Å². The van der Waals surface area contributed by atoms with Crippen molar-refractivity contribution >= 4 is 15.7 Å². The minimum atomic E-state index is -3.39. The van der Waals surface area contributed by atoms with E-state index < -0.39 is 21.0 Å². The molecular weight excluding hydrogens is 302 g/mol. The minimum Gasteiger partial charge on any atom is -0.340 e. The summed E-state index contributed by atoms with van der Waals surface area (Å²) in [5, 5.41) is 3.21. The first-order valence-electron chi connectivity index (χ1n) is 6.82. The van der Waals surface area contributed by atoms with Crippen molar-refractivity contribution in [2.45, 2.75) is 18.7 Å². The molecule has 6 nitrogen and oxygen atoms in total. The van der Waals surface area contributed by atoms with Gasteiger partial charge in [0.1, 0.15) is 5.25 Å². The van der Waals surface area contributed by atoms with Crippen molar-refractivity contribution < 1.29 is 13.2 Å². The average Bonchev–Trinajstić information content (AvgIpc) is 2.94. The Morgan fingerprint density at radius 1 is 1.32 bits per heavy atom. The summed E-state index contributed by atoms with van der Waals surface area (Å²) in [6.07, 6.45) is 4.56. The highest BCUT2D eigenvalue weighted by Crippen LogP contribution is 2.11. The van der Waals surface area contributed by atoms with Crippen LogP contribution in [0.25, 0.3) is 5.69 Å². The van der Waals surface area contributed by atoms with Gasteiger partial charge in [-0.3, -0.25) is 4.79 Å². The third-order valence-corrected chi connectivity index (χ3v) is 4.93. The third-order valence-electron chi connectivity index (χ3n) is 3.44. The molecule has 0 bridgehead atoms. The van der Waals surface area contributed by atoms with Crippen molar-refractivity contribution in [3.05, 3.63) is 48.3 Å². The number of rotatable bonds is 5. The van der Waals surface area contributed by atoms with Gasteiger partial charge in [-0.2, -0.15) is 5.10 Å². The molecule has 1 amide bonds. The Morgan fingerprint density at radius 3 is 2.55 bits per heavy atom. The van der Waals surface area contributed by atoms with Crippen LogP contribution in [0, 0.1) is 0 Å². The highest BCUT2D eigenvalue weighted by Gasteiger charge is 2.26. The van der Waals surface area contributed by atoms with Crippen LogP contribution in [0.4, 0.5) is 0 Å². The highest BCUT2D eigenvalue weighted by molar-refractivity contribution is 7.92. The fraction of sp³-hybridized carbons (Fsp3) is 0.333. The molecule has 2 rings (SSSR count). The van der Waals surface area contributed by atoms with Gasteiger partial charge in [0.2, 0.25) is 5.91 Å². The molecule has 22 heavy (non-hydrogen) atoms. The number of hydrogen-bond donors (Lipinski definition) is 0. The van der Waals surface area contributed by atoms with Crippen LogP contribution in [0.3, 0.4) is 0 Å². The average molecular weight is 321 g/mol. The van der Waals surface area contributed by atoms with Gasteiger partial charge in [0.05, 0.1) is 11.9 Å². The summed E-state index contributed by atoms with van der Waals surface area (Å²) < 4.78 is 24.6. The second kappa shape index (κ2) is 6.31. The van der Waals surface area contributed by atoms with Gasteiger partial charge in [-0.15, -0.1) is 0 Å². The lowest BCUT2D eigenvalue weighted by atomic mass is 10.3. The molecule has 118 valence electrons. The van der Waals surface area contributed by atoms with E-state index in [1.807, 2.05) is 36.5 Å². The van der Waals surface area contributed by atoms with Crippen molar-refractivity contribution in [2.75, 3.05) is 13.3 Å². The van der Waals surface area contributed by atoms with E-state index in [1.165, 1.54) is 11.8 Å². The summed E-state index contributed by atoms with van der Waals surface area (Å²) in [7, 11) is -1.80. The first kappa shape index (κ1) is 16.2. The van der Waals surface area contributed by atoms with Gasteiger partial charge >= 0.3 is 0 Å². The van der Waals surface area contributed by atoms with E-state index in [1.54, 1.807) is 17.9 Å². The first-order chi connectivity index (χ1) is 10.3. The zero-order valence-electron chi connectivity index (χ0n) is 12.8. The quantitative estimate of drug-likeness (QED) is 0.831. The summed E-state index contributed by atoms with van der Waals surface area (Å²) in [5.41, 5.74) is 1.76. The normalized spacial score (nSPS) is 12.9. The molecule has 1 aromatic carbocycles. The van der Waals surface area contributed by atoms with Crippen LogP contribution in [0.5, 0.6) is 0 Å². The van der Waals surface area contributed by atoms with Crippen LogP contribution in [0.2, 0.25) is 0 Å². The lowest BCUT2D eigenvalue weighted by molar-refractivity contribution is -0.129. The number of sulfone groups is 1. The van der Waals surface area contributed by atoms with Crippen LogP contribution in [0.1, 0.15) is 12.5 Å². The maximum absolute atomic E-state index is 12.1. The predicted octanol–water partition coefficient (Wildman–Crippen LogP) is 1.26. The maximum Gasteiger partial charge on any atom is 0.240 e. The smallest absolute Gasteiger partial charge is 0.240 e. The van der Waals surface area contributed by atoms with Crippen molar-refractivity contribution in [1.82, 2.24) is 14.7 Å². The molecule has 0 aliphatic carbocycles. The Labute approximate surface area is 130 Å². The highest BCUT2D eigenvalue weighted by atomic mass is 32.2. The van der Waals surface area contributed by atoms with Crippen molar-refractivity contribution in [3.63, 3.8) is 0 Å². The standard InChI is InChI=1S/C15H19N3O3S/c1-12(22(3,20)21)15(19)17(2)10-13-9-16-18(11-13)14-7-5-4-6-8-14/h4-9,11-12H,10H2,1-3H3/t12-/m1/s1. The number of para-hydroxylation sites is 1. The lowest BCUT2D eigenvalue weighted by Gasteiger charge is -2.19. The summed E-state index contributed by atoms with van der Waals surface area (Å²) in [4.78, 5) is 13.5. The van der Waals surface area contributed by atoms with Crippen LogP contribution in [-0.2, 0) is 21.2 Å². The molecule has 0 radical (unpaired) electrons. The van der Waals surface area contributed by atoms with Gasteiger partial charge in [0.15, 0.2) is 9.84 Å². The van der Waals surface area contributed by atoms with E-state index in [4.69, 9.17) is 0 Å². The number of hydrogen-bond acceptors (Lipinski definition) is 4. The monoisotopic (exact) mass is 321 g/mol. The number of carbonyl (C=O) groups is 1. The van der Waals surface area contributed by atoms with Gasteiger partial charge in [-0.25, -0.2) is 13.1 Å². The van der Waals surface area contributed by atoms with Crippen molar-refractivity contribution in [2.24, 2.45) is 0 Å². The molecule has 0 spiro atoms. The molecule has 0 saturated carbocycles. The number of carbonyl (C=O) groups excluding carboxylic acids is 1. The molecular formula is C15H19N3O3S. The lowest BCUT2D eigenvalue weighted by Crippen LogP contribution is -2.38. The Hall–Kier alpha value is -2.15. The molecule has 1 heterocycles. The van der Waals surface area contributed by atoms with E-state index in [2.05, 4.69) is 5.10 Å². The van der Waals surface area contributed by atoms with E-state index in [0.717, 1.165) is 17.5 Å². The van der Waals surface area contributed by atoms with E-state index in [9.17, 15) is 13.2 Å². The van der Waals surface area contributed by atoms with Gasteiger partial charge in [0, 0.05) is 31.6 Å². The Kier molecular flexibility index (Phi) is 4.65. The van der Waals surface area contributed by atoms with Crippen LogP contribution in [0.15, 0.2) is 42.7 Å². The second-order valence-corrected chi connectivity index (χ2v) is 7.66. The van der Waals surface area contributed by atoms with Gasteiger partial charge in [-0.1, -0.05) is 18.2 Å². The zero-order valence-corrected chi connectivity index (χ0v) is 13.6. The van der Waals surface area contributed by atoms with Crippen molar-refractivity contribution in [3.8, 4) is 5.69 Å². The SMILES string of the molecule is C[C@H](C(=O)N(C)Cc1cnn(-c2ccccc2)c1)S(C)(=O)=O. The summed E-state index contributed by atoms with van der Waals surface area (Å²) >= 11 is 0. The molecule has 0 aliphatic rings. The number of amides is 1. The molecule has 0 aliphatic heterocycles.